The van der Waals surface area contributed by atoms with Crippen molar-refractivity contribution in [3.8, 4) is 0 Å². The zero-order chi connectivity index (χ0) is 21.9. The predicted octanol–water partition coefficient (Wildman–Crippen LogP) is 4.77. The highest BCUT2D eigenvalue weighted by atomic mass is 32.2. The summed E-state index contributed by atoms with van der Waals surface area (Å²) in [5.41, 5.74) is 2.25. The van der Waals surface area contributed by atoms with Gasteiger partial charge in [-0.15, -0.1) is 11.8 Å². The van der Waals surface area contributed by atoms with Crippen molar-refractivity contribution < 1.29 is 14.0 Å². The second-order valence-corrected chi connectivity index (χ2v) is 9.70. The molecular weight excluding hydrogens is 399 g/mol. The molecular formula is C24H29FN2O2S. The van der Waals surface area contributed by atoms with Gasteiger partial charge in [-0.25, -0.2) is 4.39 Å². The Hall–Kier alpha value is -2.34. The van der Waals surface area contributed by atoms with Crippen molar-refractivity contribution in [3.05, 3.63) is 59.4 Å². The quantitative estimate of drug-likeness (QED) is 0.508. The average molecular weight is 429 g/mol. The zero-order valence-electron chi connectivity index (χ0n) is 18.1. The van der Waals surface area contributed by atoms with E-state index in [1.165, 1.54) is 18.6 Å². The lowest BCUT2D eigenvalue weighted by atomic mass is 9.87. The number of carbonyl (C=O) groups is 2. The second kappa shape index (κ2) is 9.21. The predicted molar refractivity (Wildman–Crippen MR) is 121 cm³/mol. The lowest BCUT2D eigenvalue weighted by molar-refractivity contribution is -0.128. The van der Waals surface area contributed by atoms with Crippen LogP contribution in [0.1, 0.15) is 43.6 Å². The number of Topliss-reactive ketones (excluding diaryl/α,β-unsaturated/α-hetero) is 1. The monoisotopic (exact) mass is 428 g/mol. The van der Waals surface area contributed by atoms with E-state index < -0.39 is 5.82 Å². The van der Waals surface area contributed by atoms with Crippen LogP contribution in [-0.2, 0) is 10.2 Å². The molecule has 0 spiro atoms. The topological polar surface area (TPSA) is 40.6 Å². The van der Waals surface area contributed by atoms with Crippen molar-refractivity contribution in [1.29, 1.82) is 0 Å². The van der Waals surface area contributed by atoms with Crippen molar-refractivity contribution in [2.75, 3.05) is 36.8 Å². The van der Waals surface area contributed by atoms with E-state index in [2.05, 4.69) is 45.0 Å². The molecule has 1 saturated heterocycles. The number of rotatable bonds is 5. The number of nitrogens with zero attached hydrogens (tertiary/aromatic N) is 2. The van der Waals surface area contributed by atoms with Gasteiger partial charge in [0.1, 0.15) is 5.82 Å². The summed E-state index contributed by atoms with van der Waals surface area (Å²) in [5.74, 6) is -0.0404. The summed E-state index contributed by atoms with van der Waals surface area (Å²) in [6.07, 6.45) is 0. The maximum atomic E-state index is 14.4. The van der Waals surface area contributed by atoms with Crippen LogP contribution in [0.4, 0.5) is 10.1 Å². The number of benzene rings is 2. The maximum absolute atomic E-state index is 14.4. The van der Waals surface area contributed by atoms with Gasteiger partial charge in [-0.2, -0.15) is 0 Å². The third-order valence-corrected chi connectivity index (χ3v) is 6.41. The minimum absolute atomic E-state index is 0.104. The fourth-order valence-corrected chi connectivity index (χ4v) is 4.27. The summed E-state index contributed by atoms with van der Waals surface area (Å²) in [6.45, 7) is 10.3. The summed E-state index contributed by atoms with van der Waals surface area (Å²) in [5, 5.41) is 0. The molecule has 0 bridgehead atoms. The SMILES string of the molecule is CC(=O)c1ccc(N2CCN(C(=O)CSc3ccc(C(C)(C)C)cc3)CC2)c(F)c1. The fourth-order valence-electron chi connectivity index (χ4n) is 3.47. The highest BCUT2D eigenvalue weighted by Crippen LogP contribution is 2.26. The van der Waals surface area contributed by atoms with E-state index in [0.717, 1.165) is 4.90 Å². The van der Waals surface area contributed by atoms with Crippen LogP contribution in [0.3, 0.4) is 0 Å². The van der Waals surface area contributed by atoms with Crippen molar-refractivity contribution in [1.82, 2.24) is 4.90 Å². The lowest BCUT2D eigenvalue weighted by Crippen LogP contribution is -2.49. The van der Waals surface area contributed by atoms with Crippen molar-refractivity contribution >= 4 is 29.1 Å². The van der Waals surface area contributed by atoms with Crippen LogP contribution in [0.25, 0.3) is 0 Å². The Labute approximate surface area is 182 Å². The summed E-state index contributed by atoms with van der Waals surface area (Å²) < 4.78 is 14.4. The average Bonchev–Trinajstić information content (AvgIpc) is 2.71. The Balaban J connectivity index is 1.51. The first kappa shape index (κ1) is 22.3. The van der Waals surface area contributed by atoms with E-state index >= 15 is 0 Å². The molecule has 1 aliphatic heterocycles. The van der Waals surface area contributed by atoms with Crippen LogP contribution in [-0.4, -0.2) is 48.5 Å². The Morgan fingerprint density at radius 2 is 1.63 bits per heavy atom. The first-order valence-corrected chi connectivity index (χ1v) is 11.2. The molecule has 3 rings (SSSR count). The molecule has 2 aromatic rings. The third kappa shape index (κ3) is 5.42. The number of ketones is 1. The Morgan fingerprint density at radius 1 is 1.00 bits per heavy atom. The van der Waals surface area contributed by atoms with Gasteiger partial charge in [0.15, 0.2) is 5.78 Å². The van der Waals surface area contributed by atoms with E-state index in [4.69, 9.17) is 0 Å². The number of hydrogen-bond donors (Lipinski definition) is 0. The minimum Gasteiger partial charge on any atom is -0.366 e. The molecule has 1 aliphatic rings. The molecule has 0 aromatic heterocycles. The van der Waals surface area contributed by atoms with E-state index in [0.29, 0.717) is 43.2 Å². The molecule has 6 heteroatoms. The van der Waals surface area contributed by atoms with Crippen molar-refractivity contribution in [3.63, 3.8) is 0 Å². The molecule has 0 radical (unpaired) electrons. The van der Waals surface area contributed by atoms with E-state index in [1.807, 2.05) is 9.80 Å². The molecule has 0 N–H and O–H groups in total. The van der Waals surface area contributed by atoms with Gasteiger partial charge in [-0.05, 0) is 48.2 Å². The molecule has 0 unspecified atom stereocenters. The summed E-state index contributed by atoms with van der Waals surface area (Å²) in [4.78, 5) is 28.9. The number of thioether (sulfide) groups is 1. The number of halogens is 1. The first-order valence-electron chi connectivity index (χ1n) is 10.2. The van der Waals surface area contributed by atoms with Crippen molar-refractivity contribution in [2.24, 2.45) is 0 Å². The molecule has 4 nitrogen and oxygen atoms in total. The zero-order valence-corrected chi connectivity index (χ0v) is 18.9. The Kier molecular flexibility index (Phi) is 6.86. The molecule has 0 aliphatic carbocycles. The van der Waals surface area contributed by atoms with Gasteiger partial charge in [-0.3, -0.25) is 9.59 Å². The van der Waals surface area contributed by atoms with Gasteiger partial charge >= 0.3 is 0 Å². The second-order valence-electron chi connectivity index (χ2n) is 8.65. The molecule has 160 valence electrons. The van der Waals surface area contributed by atoms with Crippen LogP contribution in [0.5, 0.6) is 0 Å². The standard InChI is InChI=1S/C24H29FN2O2S/c1-17(28)18-5-10-22(21(25)15-18)26-11-13-27(14-12-26)23(29)16-30-20-8-6-19(7-9-20)24(2,3)4/h5-10,15H,11-14,16H2,1-4H3. The Bertz CT molecular complexity index is 914. The van der Waals surface area contributed by atoms with E-state index in [-0.39, 0.29) is 17.1 Å². The molecule has 0 atom stereocenters. The number of amides is 1. The van der Waals surface area contributed by atoms with Crippen LogP contribution in [0.2, 0.25) is 0 Å². The first-order chi connectivity index (χ1) is 14.1. The largest absolute Gasteiger partial charge is 0.366 e. The van der Waals surface area contributed by atoms with Gasteiger partial charge in [-0.1, -0.05) is 32.9 Å². The molecule has 2 aromatic carbocycles. The Morgan fingerprint density at radius 3 is 2.17 bits per heavy atom. The fraction of sp³-hybridized carbons (Fsp3) is 0.417. The van der Waals surface area contributed by atoms with Gasteiger partial charge in [0.2, 0.25) is 5.91 Å². The molecule has 30 heavy (non-hydrogen) atoms. The highest BCUT2D eigenvalue weighted by molar-refractivity contribution is 8.00. The summed E-state index contributed by atoms with van der Waals surface area (Å²) in [6, 6.07) is 13.0. The van der Waals surface area contributed by atoms with Crippen LogP contribution in [0, 0.1) is 5.82 Å². The molecule has 1 fully saturated rings. The maximum Gasteiger partial charge on any atom is 0.233 e. The minimum atomic E-state index is -0.392. The normalized spacial score (nSPS) is 14.7. The number of hydrogen-bond acceptors (Lipinski definition) is 4. The summed E-state index contributed by atoms with van der Waals surface area (Å²) >= 11 is 1.55. The molecule has 1 heterocycles. The number of carbonyl (C=O) groups excluding carboxylic acids is 2. The van der Waals surface area contributed by atoms with Crippen molar-refractivity contribution in [2.45, 2.75) is 38.0 Å². The third-order valence-electron chi connectivity index (χ3n) is 5.41. The van der Waals surface area contributed by atoms with Gasteiger partial charge in [0, 0.05) is 36.6 Å². The van der Waals surface area contributed by atoms with E-state index in [1.54, 1.807) is 23.9 Å². The van der Waals surface area contributed by atoms with Crippen LogP contribution in [0.15, 0.2) is 47.4 Å². The van der Waals surface area contributed by atoms with Gasteiger partial charge in [0.05, 0.1) is 11.4 Å². The van der Waals surface area contributed by atoms with Gasteiger partial charge < -0.3 is 9.80 Å². The number of anilines is 1. The molecule has 1 amide bonds. The van der Waals surface area contributed by atoms with E-state index in [9.17, 15) is 14.0 Å². The summed E-state index contributed by atoms with van der Waals surface area (Å²) in [7, 11) is 0. The van der Waals surface area contributed by atoms with Gasteiger partial charge in [0.25, 0.3) is 0 Å². The molecule has 0 saturated carbocycles. The highest BCUT2D eigenvalue weighted by Gasteiger charge is 2.23. The smallest absolute Gasteiger partial charge is 0.233 e. The van der Waals surface area contributed by atoms with Crippen LogP contribution < -0.4 is 4.90 Å². The number of piperazine rings is 1. The van der Waals surface area contributed by atoms with Crippen LogP contribution >= 0.6 is 11.8 Å². The lowest BCUT2D eigenvalue weighted by Gasteiger charge is -2.36.